The molecule has 0 saturated carbocycles. The SMILES string of the molecule is CNCc1cccc(F)c1N1CCC(C)(O)C1. The van der Waals surface area contributed by atoms with E-state index in [0.29, 0.717) is 31.7 Å². The normalized spacial score (nSPS) is 24.4. The van der Waals surface area contributed by atoms with Crippen molar-refractivity contribution in [2.75, 3.05) is 25.0 Å². The zero-order chi connectivity index (χ0) is 12.5. The predicted octanol–water partition coefficient (Wildman–Crippen LogP) is 1.51. The van der Waals surface area contributed by atoms with Crippen molar-refractivity contribution in [3.63, 3.8) is 0 Å². The van der Waals surface area contributed by atoms with Gasteiger partial charge in [-0.25, -0.2) is 4.39 Å². The fraction of sp³-hybridized carbons (Fsp3) is 0.538. The van der Waals surface area contributed by atoms with Crippen molar-refractivity contribution in [2.24, 2.45) is 0 Å². The van der Waals surface area contributed by atoms with Gasteiger partial charge < -0.3 is 15.3 Å². The summed E-state index contributed by atoms with van der Waals surface area (Å²) in [4.78, 5) is 1.93. The van der Waals surface area contributed by atoms with Gasteiger partial charge in [-0.2, -0.15) is 0 Å². The highest BCUT2D eigenvalue weighted by atomic mass is 19.1. The van der Waals surface area contributed by atoms with E-state index in [1.54, 1.807) is 13.0 Å². The molecule has 0 bridgehead atoms. The molecule has 1 heterocycles. The van der Waals surface area contributed by atoms with Crippen LogP contribution in [0, 0.1) is 5.82 Å². The number of aliphatic hydroxyl groups is 1. The number of nitrogens with zero attached hydrogens (tertiary/aromatic N) is 1. The van der Waals surface area contributed by atoms with E-state index in [4.69, 9.17) is 0 Å². The standard InChI is InChI=1S/C13H19FN2O/c1-13(17)6-7-16(9-13)12-10(8-15-2)4-3-5-11(12)14/h3-5,15,17H,6-9H2,1-2H3. The van der Waals surface area contributed by atoms with E-state index in [0.717, 1.165) is 5.56 Å². The monoisotopic (exact) mass is 238 g/mol. The summed E-state index contributed by atoms with van der Waals surface area (Å²) in [6, 6.07) is 5.11. The van der Waals surface area contributed by atoms with E-state index < -0.39 is 5.60 Å². The summed E-state index contributed by atoms with van der Waals surface area (Å²) in [5.41, 5.74) is 0.851. The van der Waals surface area contributed by atoms with Gasteiger partial charge >= 0.3 is 0 Å². The first kappa shape index (κ1) is 12.3. The summed E-state index contributed by atoms with van der Waals surface area (Å²) < 4.78 is 13.9. The summed E-state index contributed by atoms with van der Waals surface area (Å²) in [6.45, 7) is 3.62. The van der Waals surface area contributed by atoms with Crippen LogP contribution in [0.3, 0.4) is 0 Å². The molecule has 1 aromatic carbocycles. The van der Waals surface area contributed by atoms with Crippen molar-refractivity contribution in [3.8, 4) is 0 Å². The van der Waals surface area contributed by atoms with Crippen molar-refractivity contribution >= 4 is 5.69 Å². The lowest BCUT2D eigenvalue weighted by Gasteiger charge is -2.24. The minimum Gasteiger partial charge on any atom is -0.388 e. The van der Waals surface area contributed by atoms with E-state index in [9.17, 15) is 9.50 Å². The largest absolute Gasteiger partial charge is 0.388 e. The Hall–Kier alpha value is -1.13. The minimum atomic E-state index is -0.709. The molecule has 0 radical (unpaired) electrons. The van der Waals surface area contributed by atoms with Gasteiger partial charge in [0.05, 0.1) is 11.3 Å². The van der Waals surface area contributed by atoms with Crippen molar-refractivity contribution in [1.82, 2.24) is 5.32 Å². The first-order valence-corrected chi connectivity index (χ1v) is 5.93. The molecular formula is C13H19FN2O. The van der Waals surface area contributed by atoms with Crippen molar-refractivity contribution < 1.29 is 9.50 Å². The molecule has 0 spiro atoms. The summed E-state index contributed by atoms with van der Waals surface area (Å²) >= 11 is 0. The van der Waals surface area contributed by atoms with Gasteiger partial charge in [-0.1, -0.05) is 12.1 Å². The Bertz CT molecular complexity index is 406. The number of rotatable bonds is 3. The minimum absolute atomic E-state index is 0.213. The van der Waals surface area contributed by atoms with Crippen LogP contribution in [0.1, 0.15) is 18.9 Å². The molecule has 1 aliphatic heterocycles. The second-order valence-corrected chi connectivity index (χ2v) is 4.95. The van der Waals surface area contributed by atoms with E-state index in [1.807, 2.05) is 18.0 Å². The maximum atomic E-state index is 13.9. The molecular weight excluding hydrogens is 219 g/mol. The van der Waals surface area contributed by atoms with Gasteiger partial charge in [0, 0.05) is 19.6 Å². The molecule has 1 saturated heterocycles. The van der Waals surface area contributed by atoms with Crippen molar-refractivity contribution in [3.05, 3.63) is 29.6 Å². The number of nitrogens with one attached hydrogen (secondary N) is 1. The first-order valence-electron chi connectivity index (χ1n) is 5.93. The Morgan fingerprint density at radius 1 is 1.53 bits per heavy atom. The van der Waals surface area contributed by atoms with Gasteiger partial charge in [0.2, 0.25) is 0 Å². The van der Waals surface area contributed by atoms with Crippen LogP contribution in [0.15, 0.2) is 18.2 Å². The first-order chi connectivity index (χ1) is 8.03. The summed E-state index contributed by atoms with van der Waals surface area (Å²) in [6.07, 6.45) is 0.681. The Kier molecular flexibility index (Phi) is 3.35. The van der Waals surface area contributed by atoms with Crippen LogP contribution in [0.4, 0.5) is 10.1 Å². The molecule has 1 aromatic rings. The predicted molar refractivity (Wildman–Crippen MR) is 66.6 cm³/mol. The average Bonchev–Trinajstić information content (AvgIpc) is 2.59. The van der Waals surface area contributed by atoms with Crippen LogP contribution < -0.4 is 10.2 Å². The Labute approximate surface area is 101 Å². The second-order valence-electron chi connectivity index (χ2n) is 4.95. The maximum Gasteiger partial charge on any atom is 0.146 e. The van der Waals surface area contributed by atoms with E-state index in [1.165, 1.54) is 6.07 Å². The van der Waals surface area contributed by atoms with Crippen LogP contribution in [0.2, 0.25) is 0 Å². The fourth-order valence-electron chi connectivity index (χ4n) is 2.38. The Morgan fingerprint density at radius 2 is 2.29 bits per heavy atom. The Morgan fingerprint density at radius 3 is 2.88 bits per heavy atom. The van der Waals surface area contributed by atoms with Crippen LogP contribution in [0.25, 0.3) is 0 Å². The van der Waals surface area contributed by atoms with Gasteiger partial charge in [-0.05, 0) is 32.0 Å². The smallest absolute Gasteiger partial charge is 0.146 e. The molecule has 2 N–H and O–H groups in total. The molecule has 4 heteroatoms. The van der Waals surface area contributed by atoms with E-state index in [-0.39, 0.29) is 5.82 Å². The molecule has 0 amide bonds. The molecule has 0 aliphatic carbocycles. The molecule has 17 heavy (non-hydrogen) atoms. The maximum absolute atomic E-state index is 13.9. The highest BCUT2D eigenvalue weighted by molar-refractivity contribution is 5.56. The van der Waals surface area contributed by atoms with Gasteiger partial charge in [0.1, 0.15) is 5.82 Å². The van der Waals surface area contributed by atoms with E-state index >= 15 is 0 Å². The van der Waals surface area contributed by atoms with Crippen molar-refractivity contribution in [1.29, 1.82) is 0 Å². The summed E-state index contributed by atoms with van der Waals surface area (Å²) in [5.74, 6) is -0.213. The number of halogens is 1. The zero-order valence-corrected chi connectivity index (χ0v) is 10.3. The van der Waals surface area contributed by atoms with Gasteiger partial charge in [0.15, 0.2) is 0 Å². The molecule has 1 fully saturated rings. The molecule has 94 valence electrons. The quantitative estimate of drug-likeness (QED) is 0.838. The van der Waals surface area contributed by atoms with Crippen LogP contribution in [-0.4, -0.2) is 30.8 Å². The topological polar surface area (TPSA) is 35.5 Å². The van der Waals surface area contributed by atoms with Gasteiger partial charge in [-0.3, -0.25) is 0 Å². The number of hydrogen-bond acceptors (Lipinski definition) is 3. The van der Waals surface area contributed by atoms with Gasteiger partial charge in [-0.15, -0.1) is 0 Å². The average molecular weight is 238 g/mol. The van der Waals surface area contributed by atoms with Crippen LogP contribution in [0.5, 0.6) is 0 Å². The zero-order valence-electron chi connectivity index (χ0n) is 10.3. The number of benzene rings is 1. The summed E-state index contributed by atoms with van der Waals surface area (Å²) in [5, 5.41) is 13.0. The third-order valence-corrected chi connectivity index (χ3v) is 3.21. The third kappa shape index (κ3) is 2.58. The lowest BCUT2D eigenvalue weighted by atomic mass is 10.1. The van der Waals surface area contributed by atoms with Crippen LogP contribution >= 0.6 is 0 Å². The molecule has 0 aromatic heterocycles. The third-order valence-electron chi connectivity index (χ3n) is 3.21. The lowest BCUT2D eigenvalue weighted by molar-refractivity contribution is 0.0839. The molecule has 3 nitrogen and oxygen atoms in total. The second kappa shape index (κ2) is 4.63. The highest BCUT2D eigenvalue weighted by Gasteiger charge is 2.33. The van der Waals surface area contributed by atoms with Crippen LogP contribution in [-0.2, 0) is 6.54 Å². The number of para-hydroxylation sites is 1. The molecule has 2 rings (SSSR count). The number of β-amino-alcohol motifs (C(OH)–C–C–N with tert-alkyl or cyclic N) is 1. The van der Waals surface area contributed by atoms with Gasteiger partial charge in [0.25, 0.3) is 0 Å². The summed E-state index contributed by atoms with van der Waals surface area (Å²) in [7, 11) is 1.84. The number of anilines is 1. The lowest BCUT2D eigenvalue weighted by Crippen LogP contribution is -2.30. The number of hydrogen-bond donors (Lipinski definition) is 2. The molecule has 1 unspecified atom stereocenters. The Balaban J connectivity index is 2.31. The molecule has 1 aliphatic rings. The molecule has 1 atom stereocenters. The van der Waals surface area contributed by atoms with E-state index in [2.05, 4.69) is 5.32 Å². The fourth-order valence-corrected chi connectivity index (χ4v) is 2.38. The highest BCUT2D eigenvalue weighted by Crippen LogP contribution is 2.31. The van der Waals surface area contributed by atoms with Crippen molar-refractivity contribution in [2.45, 2.75) is 25.5 Å².